The summed E-state index contributed by atoms with van der Waals surface area (Å²) in [5, 5.41) is 2.09. The van der Waals surface area contributed by atoms with Crippen LogP contribution in [0.25, 0.3) is 0 Å². The molecule has 0 heterocycles. The van der Waals surface area contributed by atoms with Gasteiger partial charge >= 0.3 is 0 Å². The molecule has 0 aromatic rings. The average molecular weight is 213 g/mol. The highest BCUT2D eigenvalue weighted by molar-refractivity contribution is 8.01. The fraction of sp³-hybridized carbons (Fsp3) is 0.500. The Kier molecular flexibility index (Phi) is 17.1. The van der Waals surface area contributed by atoms with E-state index in [4.69, 9.17) is 0 Å². The molecule has 0 bridgehead atoms. The monoisotopic (exact) mass is 213 g/mol. The first-order valence-electron chi connectivity index (χ1n) is 4.76. The van der Waals surface area contributed by atoms with Crippen molar-refractivity contribution in [2.24, 2.45) is 0 Å². The zero-order valence-electron chi connectivity index (χ0n) is 9.70. The van der Waals surface area contributed by atoms with E-state index in [2.05, 4.69) is 62.0 Å². The third-order valence-electron chi connectivity index (χ3n) is 1.44. The second kappa shape index (κ2) is 15.0. The van der Waals surface area contributed by atoms with Gasteiger partial charge in [0.05, 0.1) is 0 Å². The van der Waals surface area contributed by atoms with Gasteiger partial charge in [-0.15, -0.1) is 24.9 Å². The lowest BCUT2D eigenvalue weighted by atomic mass is 10.3. The summed E-state index contributed by atoms with van der Waals surface area (Å²) in [5.41, 5.74) is 0. The Bertz CT molecular complexity index is 150. The molecule has 0 unspecified atom stereocenters. The van der Waals surface area contributed by atoms with Gasteiger partial charge < -0.3 is 4.90 Å². The van der Waals surface area contributed by atoms with Gasteiger partial charge in [-0.3, -0.25) is 0 Å². The summed E-state index contributed by atoms with van der Waals surface area (Å²) in [6.45, 7) is 7.18. The summed E-state index contributed by atoms with van der Waals surface area (Å²) in [6.07, 6.45) is 10.9. The van der Waals surface area contributed by atoms with Crippen LogP contribution < -0.4 is 0 Å². The summed E-state index contributed by atoms with van der Waals surface area (Å²) >= 11 is 1.73. The van der Waals surface area contributed by atoms with Crippen LogP contribution in [0.4, 0.5) is 0 Å². The lowest BCUT2D eigenvalue weighted by Gasteiger charge is -2.06. The van der Waals surface area contributed by atoms with E-state index < -0.39 is 0 Å². The Morgan fingerprint density at radius 3 is 2.36 bits per heavy atom. The van der Waals surface area contributed by atoms with E-state index in [0.717, 1.165) is 0 Å². The Labute approximate surface area is 93.6 Å². The number of unbranched alkanes of at least 4 members (excludes halogenated alkanes) is 1. The van der Waals surface area contributed by atoms with Crippen LogP contribution in [0.5, 0.6) is 0 Å². The first-order chi connectivity index (χ1) is 6.77. The molecule has 0 atom stereocenters. The van der Waals surface area contributed by atoms with E-state index in [1.807, 2.05) is 0 Å². The van der Waals surface area contributed by atoms with Gasteiger partial charge in [-0.1, -0.05) is 18.2 Å². The fourth-order valence-electron chi connectivity index (χ4n) is 0.824. The smallest absolute Gasteiger partial charge is 0.00219 e. The normalized spacial score (nSPS) is 10.9. The molecule has 0 aliphatic rings. The van der Waals surface area contributed by atoms with Crippen molar-refractivity contribution < 1.29 is 0 Å². The highest BCUT2D eigenvalue weighted by Gasteiger charge is 1.85. The summed E-state index contributed by atoms with van der Waals surface area (Å²) in [7, 11) is 4.22. The van der Waals surface area contributed by atoms with Gasteiger partial charge in [0.15, 0.2) is 0 Å². The Morgan fingerprint density at radius 2 is 1.86 bits per heavy atom. The number of rotatable bonds is 6. The van der Waals surface area contributed by atoms with Gasteiger partial charge in [-0.2, -0.15) is 0 Å². The molecule has 0 N–H and O–H groups in total. The molecule has 0 aliphatic heterocycles. The van der Waals surface area contributed by atoms with E-state index in [-0.39, 0.29) is 0 Å². The molecule has 0 fully saturated rings. The topological polar surface area (TPSA) is 3.24 Å². The quantitative estimate of drug-likeness (QED) is 0.377. The van der Waals surface area contributed by atoms with Crippen LogP contribution in [0.1, 0.15) is 12.8 Å². The molecule has 0 radical (unpaired) electrons. The van der Waals surface area contributed by atoms with Crippen LogP contribution >= 0.6 is 11.8 Å². The van der Waals surface area contributed by atoms with Crippen LogP contribution in [0.2, 0.25) is 0 Å². The van der Waals surface area contributed by atoms with Crippen LogP contribution in [0.15, 0.2) is 36.8 Å². The second-order valence-corrected chi connectivity index (χ2v) is 3.68. The molecule has 14 heavy (non-hydrogen) atoms. The summed E-state index contributed by atoms with van der Waals surface area (Å²) in [6, 6.07) is 0. The van der Waals surface area contributed by atoms with E-state index in [0.29, 0.717) is 0 Å². The Hall–Kier alpha value is -0.470. The van der Waals surface area contributed by atoms with Crippen molar-refractivity contribution in [3.63, 3.8) is 0 Å². The summed E-state index contributed by atoms with van der Waals surface area (Å²) in [5.74, 6) is 0. The van der Waals surface area contributed by atoms with Gasteiger partial charge in [0.2, 0.25) is 0 Å². The standard InChI is InChI=1S/C10H19NS.C2H4/c1-11(2)9-7-5-4-6-8-10-12-3;1-2/h4,6,8,10H,5,7,9H2,1-3H3;1-2H2/b6-4+,10-8-;. The number of thioether (sulfide) groups is 1. The van der Waals surface area contributed by atoms with Crippen LogP contribution in [0.3, 0.4) is 0 Å². The lowest BCUT2D eigenvalue weighted by molar-refractivity contribution is 0.402. The minimum Gasteiger partial charge on any atom is -0.309 e. The van der Waals surface area contributed by atoms with Crippen molar-refractivity contribution >= 4 is 11.8 Å². The van der Waals surface area contributed by atoms with Crippen molar-refractivity contribution in [1.82, 2.24) is 4.90 Å². The maximum absolute atomic E-state index is 3.00. The number of hydrogen-bond donors (Lipinski definition) is 0. The number of hydrogen-bond acceptors (Lipinski definition) is 2. The van der Waals surface area contributed by atoms with E-state index in [9.17, 15) is 0 Å². The van der Waals surface area contributed by atoms with Crippen LogP contribution in [-0.4, -0.2) is 31.8 Å². The molecule has 0 aromatic carbocycles. The first-order valence-corrected chi connectivity index (χ1v) is 6.05. The Balaban J connectivity index is 0. The number of allylic oxidation sites excluding steroid dienone is 3. The van der Waals surface area contributed by atoms with Crippen molar-refractivity contribution in [1.29, 1.82) is 0 Å². The molecule has 0 saturated heterocycles. The van der Waals surface area contributed by atoms with Gasteiger partial charge in [0, 0.05) is 0 Å². The molecule has 0 amide bonds. The maximum Gasteiger partial charge on any atom is -0.00219 e. The predicted octanol–water partition coefficient (Wildman–Crippen LogP) is 3.56. The highest BCUT2D eigenvalue weighted by atomic mass is 32.2. The molecule has 82 valence electrons. The van der Waals surface area contributed by atoms with E-state index in [1.165, 1.54) is 19.4 Å². The van der Waals surface area contributed by atoms with Crippen molar-refractivity contribution in [3.8, 4) is 0 Å². The third kappa shape index (κ3) is 17.6. The zero-order valence-corrected chi connectivity index (χ0v) is 10.5. The SMILES string of the molecule is C=C.CS/C=C\C=C\CCCN(C)C. The molecule has 0 saturated carbocycles. The average Bonchev–Trinajstić information content (AvgIpc) is 2.19. The van der Waals surface area contributed by atoms with Crippen LogP contribution in [0, 0.1) is 0 Å². The van der Waals surface area contributed by atoms with Gasteiger partial charge in [-0.05, 0) is 45.1 Å². The van der Waals surface area contributed by atoms with Crippen molar-refractivity contribution in [3.05, 3.63) is 36.8 Å². The molecule has 1 nitrogen and oxygen atoms in total. The molecule has 0 spiro atoms. The van der Waals surface area contributed by atoms with Gasteiger partial charge in [0.25, 0.3) is 0 Å². The van der Waals surface area contributed by atoms with Crippen LogP contribution in [-0.2, 0) is 0 Å². The van der Waals surface area contributed by atoms with Crippen molar-refractivity contribution in [2.45, 2.75) is 12.8 Å². The predicted molar refractivity (Wildman–Crippen MR) is 70.8 cm³/mol. The first kappa shape index (κ1) is 16.0. The molecule has 0 aliphatic carbocycles. The summed E-state index contributed by atoms with van der Waals surface area (Å²) < 4.78 is 0. The minimum absolute atomic E-state index is 1.18. The molecular weight excluding hydrogens is 190 g/mol. The third-order valence-corrected chi connectivity index (χ3v) is 1.87. The maximum atomic E-state index is 3.00. The largest absolute Gasteiger partial charge is 0.309 e. The fourth-order valence-corrected chi connectivity index (χ4v) is 1.07. The van der Waals surface area contributed by atoms with E-state index >= 15 is 0 Å². The number of nitrogens with zero attached hydrogens (tertiary/aromatic N) is 1. The van der Waals surface area contributed by atoms with Gasteiger partial charge in [0.1, 0.15) is 0 Å². The Morgan fingerprint density at radius 1 is 1.21 bits per heavy atom. The summed E-state index contributed by atoms with van der Waals surface area (Å²) in [4.78, 5) is 2.21. The van der Waals surface area contributed by atoms with Crippen molar-refractivity contribution in [2.75, 3.05) is 26.9 Å². The van der Waals surface area contributed by atoms with E-state index in [1.54, 1.807) is 11.8 Å². The molecule has 2 heteroatoms. The minimum atomic E-state index is 1.18. The highest BCUT2D eigenvalue weighted by Crippen LogP contribution is 1.96. The second-order valence-electron chi connectivity index (χ2n) is 2.94. The molecule has 0 aromatic heterocycles. The molecule has 0 rings (SSSR count). The zero-order chi connectivity index (χ0) is 11.2. The molecular formula is C12H23NS. The lowest BCUT2D eigenvalue weighted by Crippen LogP contribution is -2.12. The van der Waals surface area contributed by atoms with Gasteiger partial charge in [-0.25, -0.2) is 0 Å².